The van der Waals surface area contributed by atoms with Gasteiger partial charge in [0.05, 0.1) is 6.04 Å². The molecular weight excluding hydrogens is 322 g/mol. The number of carbonyl (C=O) groups is 2. The van der Waals surface area contributed by atoms with Gasteiger partial charge in [-0.1, -0.05) is 24.2 Å². The molecule has 1 aromatic carbocycles. The number of hydrogen-bond acceptors (Lipinski definition) is 5. The molecule has 1 atom stereocenters. The number of nitrogens with zero attached hydrogens (tertiary/aromatic N) is 3. The Morgan fingerprint density at radius 1 is 1.36 bits per heavy atom. The molecule has 0 saturated heterocycles. The van der Waals surface area contributed by atoms with E-state index in [1.807, 2.05) is 32.0 Å². The Kier molecular flexibility index (Phi) is 6.10. The molecule has 0 saturated carbocycles. The van der Waals surface area contributed by atoms with Crippen molar-refractivity contribution in [3.8, 4) is 0 Å². The van der Waals surface area contributed by atoms with E-state index in [-0.39, 0.29) is 24.5 Å². The average molecular weight is 345 g/mol. The van der Waals surface area contributed by atoms with E-state index >= 15 is 0 Å². The molecule has 0 bridgehead atoms. The quantitative estimate of drug-likeness (QED) is 0.838. The molecule has 2 N–H and O–H groups in total. The lowest BCUT2D eigenvalue weighted by Gasteiger charge is -2.20. The summed E-state index contributed by atoms with van der Waals surface area (Å²) in [5.74, 6) is 0.876. The van der Waals surface area contributed by atoms with Crippen LogP contribution in [-0.4, -0.2) is 34.0 Å². The molecule has 2 aromatic rings. The molecule has 0 radical (unpaired) electrons. The number of aromatic nitrogens is 2. The van der Waals surface area contributed by atoms with E-state index in [2.05, 4.69) is 20.8 Å². The predicted molar refractivity (Wildman–Crippen MR) is 92.8 cm³/mol. The molecule has 0 fully saturated rings. The number of urea groups is 1. The largest absolute Gasteiger partial charge is 0.337 e. The Hall–Kier alpha value is -2.90. The Balaban J connectivity index is 1.95. The van der Waals surface area contributed by atoms with Crippen LogP contribution in [0, 0.1) is 0 Å². The third kappa shape index (κ3) is 5.30. The molecular formula is C17H23N5O3. The first-order valence-electron chi connectivity index (χ1n) is 8.09. The predicted octanol–water partition coefficient (Wildman–Crippen LogP) is 2.49. The number of nitrogens with one attached hydrogen (secondary N) is 2. The summed E-state index contributed by atoms with van der Waals surface area (Å²) in [6, 6.07) is 6.87. The second-order valence-corrected chi connectivity index (χ2v) is 5.79. The van der Waals surface area contributed by atoms with Gasteiger partial charge in [0.1, 0.15) is 6.54 Å². The molecule has 0 spiro atoms. The first-order chi connectivity index (χ1) is 11.9. The van der Waals surface area contributed by atoms with E-state index in [9.17, 15) is 9.59 Å². The van der Waals surface area contributed by atoms with Gasteiger partial charge >= 0.3 is 6.03 Å². The smallest absolute Gasteiger partial charge is 0.318 e. The normalized spacial score (nSPS) is 11.7. The summed E-state index contributed by atoms with van der Waals surface area (Å²) in [5, 5.41) is 9.44. The van der Waals surface area contributed by atoms with Gasteiger partial charge in [-0.25, -0.2) is 4.79 Å². The van der Waals surface area contributed by atoms with Crippen molar-refractivity contribution in [1.29, 1.82) is 0 Å². The zero-order chi connectivity index (χ0) is 18.4. The van der Waals surface area contributed by atoms with E-state index in [0.29, 0.717) is 23.8 Å². The SMILES string of the molecule is CCc1noc(CN(C)C(=O)N[C@H](C)c2cccc(NC(C)=O)c2)n1. The second kappa shape index (κ2) is 8.27. The summed E-state index contributed by atoms with van der Waals surface area (Å²) in [6.07, 6.45) is 0.682. The van der Waals surface area contributed by atoms with Crippen molar-refractivity contribution >= 4 is 17.6 Å². The van der Waals surface area contributed by atoms with Crippen molar-refractivity contribution in [3.63, 3.8) is 0 Å². The Morgan fingerprint density at radius 2 is 2.12 bits per heavy atom. The number of hydrogen-bond donors (Lipinski definition) is 2. The monoisotopic (exact) mass is 345 g/mol. The van der Waals surface area contributed by atoms with Crippen molar-refractivity contribution in [3.05, 3.63) is 41.5 Å². The summed E-state index contributed by atoms with van der Waals surface area (Å²) in [7, 11) is 1.66. The Bertz CT molecular complexity index is 743. The molecule has 2 rings (SSSR count). The van der Waals surface area contributed by atoms with Gasteiger partial charge in [-0.05, 0) is 24.6 Å². The van der Waals surface area contributed by atoms with Crippen LogP contribution in [-0.2, 0) is 17.8 Å². The fraction of sp³-hybridized carbons (Fsp3) is 0.412. The maximum absolute atomic E-state index is 12.3. The molecule has 8 heteroatoms. The van der Waals surface area contributed by atoms with Crippen LogP contribution in [0.4, 0.5) is 10.5 Å². The minimum atomic E-state index is -0.256. The highest BCUT2D eigenvalue weighted by molar-refractivity contribution is 5.88. The minimum Gasteiger partial charge on any atom is -0.337 e. The number of rotatable bonds is 6. The average Bonchev–Trinajstić information content (AvgIpc) is 3.02. The molecule has 1 aromatic heterocycles. The molecule has 25 heavy (non-hydrogen) atoms. The molecule has 1 heterocycles. The van der Waals surface area contributed by atoms with Gasteiger partial charge in [-0.2, -0.15) is 4.98 Å². The van der Waals surface area contributed by atoms with Crippen molar-refractivity contribution in [2.24, 2.45) is 0 Å². The van der Waals surface area contributed by atoms with Gasteiger partial charge in [0.15, 0.2) is 5.82 Å². The van der Waals surface area contributed by atoms with E-state index in [4.69, 9.17) is 4.52 Å². The van der Waals surface area contributed by atoms with Gasteiger partial charge in [0.2, 0.25) is 11.8 Å². The highest BCUT2D eigenvalue weighted by atomic mass is 16.5. The van der Waals surface area contributed by atoms with E-state index < -0.39 is 0 Å². The molecule has 0 aliphatic heterocycles. The van der Waals surface area contributed by atoms with Crippen molar-refractivity contribution in [1.82, 2.24) is 20.4 Å². The van der Waals surface area contributed by atoms with Crippen LogP contribution in [0.5, 0.6) is 0 Å². The second-order valence-electron chi connectivity index (χ2n) is 5.79. The standard InChI is InChI=1S/C17H23N5O3/c1-5-15-20-16(25-21-15)10-22(4)17(24)18-11(2)13-7-6-8-14(9-13)19-12(3)23/h6-9,11H,5,10H2,1-4H3,(H,18,24)(H,19,23)/t11-/m1/s1. The number of benzene rings is 1. The topological polar surface area (TPSA) is 100 Å². The first kappa shape index (κ1) is 18.4. The van der Waals surface area contributed by atoms with Gasteiger partial charge in [0.25, 0.3) is 0 Å². The summed E-state index contributed by atoms with van der Waals surface area (Å²) < 4.78 is 5.10. The van der Waals surface area contributed by atoms with Crippen LogP contribution in [0.1, 0.15) is 44.1 Å². The third-order valence-corrected chi connectivity index (χ3v) is 3.59. The van der Waals surface area contributed by atoms with Gasteiger partial charge in [-0.3, -0.25) is 4.79 Å². The third-order valence-electron chi connectivity index (χ3n) is 3.59. The van der Waals surface area contributed by atoms with Gasteiger partial charge in [0, 0.05) is 26.1 Å². The van der Waals surface area contributed by atoms with Crippen molar-refractivity contribution < 1.29 is 14.1 Å². The summed E-state index contributed by atoms with van der Waals surface area (Å²) in [5.41, 5.74) is 1.58. The van der Waals surface area contributed by atoms with Crippen LogP contribution in [0.3, 0.4) is 0 Å². The Morgan fingerprint density at radius 3 is 2.76 bits per heavy atom. The fourth-order valence-corrected chi connectivity index (χ4v) is 2.24. The molecule has 0 aliphatic carbocycles. The molecule has 134 valence electrons. The van der Waals surface area contributed by atoms with Crippen molar-refractivity contribution in [2.75, 3.05) is 12.4 Å². The summed E-state index contributed by atoms with van der Waals surface area (Å²) in [4.78, 5) is 29.1. The van der Waals surface area contributed by atoms with Crippen LogP contribution >= 0.6 is 0 Å². The highest BCUT2D eigenvalue weighted by Crippen LogP contribution is 2.17. The van der Waals surface area contributed by atoms with Crippen LogP contribution in [0.25, 0.3) is 0 Å². The number of aryl methyl sites for hydroxylation is 1. The van der Waals surface area contributed by atoms with E-state index in [1.165, 1.54) is 11.8 Å². The first-order valence-corrected chi connectivity index (χ1v) is 8.09. The summed E-state index contributed by atoms with van der Waals surface area (Å²) in [6.45, 7) is 5.49. The lowest BCUT2D eigenvalue weighted by molar-refractivity contribution is -0.114. The van der Waals surface area contributed by atoms with Crippen molar-refractivity contribution in [2.45, 2.75) is 39.8 Å². The fourth-order valence-electron chi connectivity index (χ4n) is 2.24. The number of amides is 3. The zero-order valence-corrected chi connectivity index (χ0v) is 14.9. The molecule has 0 unspecified atom stereocenters. The molecule has 0 aliphatic rings. The van der Waals surface area contributed by atoms with Crippen LogP contribution < -0.4 is 10.6 Å². The maximum atomic E-state index is 12.3. The van der Waals surface area contributed by atoms with Crippen LogP contribution in [0.15, 0.2) is 28.8 Å². The highest BCUT2D eigenvalue weighted by Gasteiger charge is 2.16. The Labute approximate surface area is 146 Å². The maximum Gasteiger partial charge on any atom is 0.318 e. The lowest BCUT2D eigenvalue weighted by Crippen LogP contribution is -2.38. The number of carbonyl (C=O) groups excluding carboxylic acids is 2. The van der Waals surface area contributed by atoms with E-state index in [1.54, 1.807) is 13.1 Å². The van der Waals surface area contributed by atoms with Gasteiger partial charge in [-0.15, -0.1) is 0 Å². The lowest BCUT2D eigenvalue weighted by atomic mass is 10.1. The summed E-state index contributed by atoms with van der Waals surface area (Å²) >= 11 is 0. The van der Waals surface area contributed by atoms with E-state index in [0.717, 1.165) is 5.56 Å². The molecule has 3 amide bonds. The van der Waals surface area contributed by atoms with Crippen LogP contribution in [0.2, 0.25) is 0 Å². The van der Waals surface area contributed by atoms with Gasteiger partial charge < -0.3 is 20.1 Å². The number of anilines is 1. The zero-order valence-electron chi connectivity index (χ0n) is 14.9. The minimum absolute atomic E-state index is 0.139. The molecule has 8 nitrogen and oxygen atoms in total.